The molecule has 98 valence electrons. The van der Waals surface area contributed by atoms with E-state index in [1.54, 1.807) is 19.1 Å². The molecule has 0 atom stereocenters. The normalized spacial score (nSPS) is 10.6. The Hall–Kier alpha value is -1.74. The summed E-state index contributed by atoms with van der Waals surface area (Å²) < 4.78 is 27.2. The molecule has 0 fully saturated rings. The first-order valence-electron chi connectivity index (χ1n) is 5.67. The number of halogens is 3. The SMILES string of the molecule is Cc1cc(C(=O)c2cccc(C)c2F)c(Cl)cc1F. The maximum Gasteiger partial charge on any atom is 0.197 e. The van der Waals surface area contributed by atoms with Gasteiger partial charge in [0.2, 0.25) is 0 Å². The zero-order valence-electron chi connectivity index (χ0n) is 10.4. The minimum absolute atomic E-state index is 0.0194. The molecule has 2 rings (SSSR count). The number of hydrogen-bond acceptors (Lipinski definition) is 1. The molecule has 0 amide bonds. The second-order valence-corrected chi connectivity index (χ2v) is 4.75. The average molecular weight is 281 g/mol. The predicted molar refractivity (Wildman–Crippen MR) is 70.7 cm³/mol. The van der Waals surface area contributed by atoms with Gasteiger partial charge in [-0.1, -0.05) is 23.7 Å². The third-order valence-electron chi connectivity index (χ3n) is 2.93. The lowest BCUT2D eigenvalue weighted by molar-refractivity contribution is 0.103. The largest absolute Gasteiger partial charge is 0.288 e. The number of carbonyl (C=O) groups excluding carboxylic acids is 1. The molecule has 0 N–H and O–H groups in total. The molecule has 4 heteroatoms. The molecular formula is C15H11ClF2O. The molecule has 0 bridgehead atoms. The molecule has 0 unspecified atom stereocenters. The van der Waals surface area contributed by atoms with Crippen molar-refractivity contribution in [2.24, 2.45) is 0 Å². The molecule has 0 heterocycles. The van der Waals surface area contributed by atoms with Crippen molar-refractivity contribution in [2.45, 2.75) is 13.8 Å². The Morgan fingerprint density at radius 2 is 1.74 bits per heavy atom. The lowest BCUT2D eigenvalue weighted by atomic mass is 9.99. The molecular weight excluding hydrogens is 270 g/mol. The van der Waals surface area contributed by atoms with E-state index < -0.39 is 17.4 Å². The van der Waals surface area contributed by atoms with Crippen molar-refractivity contribution in [1.29, 1.82) is 0 Å². The van der Waals surface area contributed by atoms with E-state index in [9.17, 15) is 13.6 Å². The highest BCUT2D eigenvalue weighted by molar-refractivity contribution is 6.35. The number of ketones is 1. The molecule has 2 aromatic rings. The molecule has 2 aromatic carbocycles. The third kappa shape index (κ3) is 2.51. The number of rotatable bonds is 2. The van der Waals surface area contributed by atoms with Gasteiger partial charge >= 0.3 is 0 Å². The second-order valence-electron chi connectivity index (χ2n) is 4.35. The molecule has 0 spiro atoms. The molecule has 19 heavy (non-hydrogen) atoms. The molecule has 1 nitrogen and oxygen atoms in total. The van der Waals surface area contributed by atoms with E-state index in [0.29, 0.717) is 11.1 Å². The Morgan fingerprint density at radius 1 is 1.05 bits per heavy atom. The Labute approximate surface area is 114 Å². The third-order valence-corrected chi connectivity index (χ3v) is 3.24. The van der Waals surface area contributed by atoms with E-state index >= 15 is 0 Å². The Bertz CT molecular complexity index is 665. The minimum Gasteiger partial charge on any atom is -0.288 e. The highest BCUT2D eigenvalue weighted by atomic mass is 35.5. The predicted octanol–water partition coefficient (Wildman–Crippen LogP) is 4.47. The average Bonchev–Trinajstić information content (AvgIpc) is 2.36. The van der Waals surface area contributed by atoms with Gasteiger partial charge in [-0.2, -0.15) is 0 Å². The van der Waals surface area contributed by atoms with E-state index in [1.165, 1.54) is 19.1 Å². The number of hydrogen-bond donors (Lipinski definition) is 0. The van der Waals surface area contributed by atoms with Crippen LogP contribution in [-0.4, -0.2) is 5.78 Å². The van der Waals surface area contributed by atoms with Gasteiger partial charge in [-0.3, -0.25) is 4.79 Å². The van der Waals surface area contributed by atoms with Gasteiger partial charge in [0.25, 0.3) is 0 Å². The first-order chi connectivity index (χ1) is 8.91. The van der Waals surface area contributed by atoms with Crippen LogP contribution in [-0.2, 0) is 0 Å². The highest BCUT2D eigenvalue weighted by Gasteiger charge is 2.19. The summed E-state index contributed by atoms with van der Waals surface area (Å²) in [6.07, 6.45) is 0. The van der Waals surface area contributed by atoms with E-state index in [0.717, 1.165) is 6.07 Å². The fraction of sp³-hybridized carbons (Fsp3) is 0.133. The zero-order valence-corrected chi connectivity index (χ0v) is 11.2. The summed E-state index contributed by atoms with van der Waals surface area (Å²) >= 11 is 5.86. The molecule has 0 aliphatic heterocycles. The van der Waals surface area contributed by atoms with Gasteiger partial charge in [0.15, 0.2) is 5.78 Å². The fourth-order valence-corrected chi connectivity index (χ4v) is 2.04. The first kappa shape index (κ1) is 13.7. The summed E-state index contributed by atoms with van der Waals surface area (Å²) in [5.41, 5.74) is 0.708. The molecule has 0 saturated heterocycles. The van der Waals surface area contributed by atoms with E-state index in [2.05, 4.69) is 0 Å². The Morgan fingerprint density at radius 3 is 2.42 bits per heavy atom. The number of carbonyl (C=O) groups is 1. The number of aryl methyl sites for hydroxylation is 2. The summed E-state index contributed by atoms with van der Waals surface area (Å²) in [4.78, 5) is 12.3. The second kappa shape index (κ2) is 5.10. The van der Waals surface area contributed by atoms with Gasteiger partial charge in [0, 0.05) is 5.56 Å². The standard InChI is InChI=1S/C15H11ClF2O/c1-8-4-3-5-10(14(8)18)15(19)11-6-9(2)13(17)7-12(11)16/h3-7H,1-2H3. The monoisotopic (exact) mass is 280 g/mol. The molecule has 0 saturated carbocycles. The van der Waals surface area contributed by atoms with Crippen LogP contribution in [0.5, 0.6) is 0 Å². The maximum absolute atomic E-state index is 13.9. The summed E-state index contributed by atoms with van der Waals surface area (Å²) in [6.45, 7) is 3.10. The van der Waals surface area contributed by atoms with Gasteiger partial charge in [-0.15, -0.1) is 0 Å². The van der Waals surface area contributed by atoms with Crippen molar-refractivity contribution in [3.8, 4) is 0 Å². The topological polar surface area (TPSA) is 17.1 Å². The smallest absolute Gasteiger partial charge is 0.197 e. The minimum atomic E-state index is -0.578. The molecule has 0 aliphatic carbocycles. The van der Waals surface area contributed by atoms with Crippen molar-refractivity contribution in [3.05, 3.63) is 69.2 Å². The lowest BCUT2D eigenvalue weighted by Gasteiger charge is -2.08. The van der Waals surface area contributed by atoms with Crippen LogP contribution in [0, 0.1) is 25.5 Å². The summed E-state index contributed by atoms with van der Waals surface area (Å²) in [5.74, 6) is -1.62. The Kier molecular flexibility index (Phi) is 3.67. The highest BCUT2D eigenvalue weighted by Crippen LogP contribution is 2.24. The van der Waals surface area contributed by atoms with Crippen LogP contribution in [0.2, 0.25) is 5.02 Å². The zero-order chi connectivity index (χ0) is 14.2. The van der Waals surface area contributed by atoms with Crippen molar-refractivity contribution in [1.82, 2.24) is 0 Å². The molecule has 0 aliphatic rings. The number of benzene rings is 2. The van der Waals surface area contributed by atoms with Crippen LogP contribution in [0.4, 0.5) is 8.78 Å². The van der Waals surface area contributed by atoms with Gasteiger partial charge in [0.1, 0.15) is 11.6 Å². The van der Waals surface area contributed by atoms with Crippen molar-refractivity contribution >= 4 is 17.4 Å². The quantitative estimate of drug-likeness (QED) is 0.742. The van der Waals surface area contributed by atoms with Crippen LogP contribution in [0.1, 0.15) is 27.0 Å². The Balaban J connectivity index is 2.56. The van der Waals surface area contributed by atoms with Crippen LogP contribution in [0.25, 0.3) is 0 Å². The van der Waals surface area contributed by atoms with Crippen molar-refractivity contribution in [2.75, 3.05) is 0 Å². The maximum atomic E-state index is 13.9. The van der Waals surface area contributed by atoms with E-state index in [1.807, 2.05) is 0 Å². The fourth-order valence-electron chi connectivity index (χ4n) is 1.80. The van der Waals surface area contributed by atoms with Crippen molar-refractivity contribution < 1.29 is 13.6 Å². The van der Waals surface area contributed by atoms with E-state index in [4.69, 9.17) is 11.6 Å². The first-order valence-corrected chi connectivity index (χ1v) is 6.05. The summed E-state index contributed by atoms with van der Waals surface area (Å²) in [5, 5.41) is -0.0194. The lowest BCUT2D eigenvalue weighted by Crippen LogP contribution is -2.07. The van der Waals surface area contributed by atoms with Gasteiger partial charge in [-0.25, -0.2) is 8.78 Å². The molecule has 0 aromatic heterocycles. The van der Waals surface area contributed by atoms with E-state index in [-0.39, 0.29) is 16.1 Å². The molecule has 0 radical (unpaired) electrons. The van der Waals surface area contributed by atoms with Gasteiger partial charge < -0.3 is 0 Å². The van der Waals surface area contributed by atoms with Gasteiger partial charge in [0.05, 0.1) is 10.6 Å². The van der Waals surface area contributed by atoms with Crippen LogP contribution >= 0.6 is 11.6 Å². The summed E-state index contributed by atoms with van der Waals surface area (Å²) in [7, 11) is 0. The van der Waals surface area contributed by atoms with Gasteiger partial charge in [-0.05, 0) is 43.2 Å². The van der Waals surface area contributed by atoms with Crippen LogP contribution in [0.15, 0.2) is 30.3 Å². The van der Waals surface area contributed by atoms with Crippen LogP contribution in [0.3, 0.4) is 0 Å². The van der Waals surface area contributed by atoms with Crippen molar-refractivity contribution in [3.63, 3.8) is 0 Å². The van der Waals surface area contributed by atoms with Crippen LogP contribution < -0.4 is 0 Å². The summed E-state index contributed by atoms with van der Waals surface area (Å²) in [6, 6.07) is 6.96.